The third-order valence-electron chi connectivity index (χ3n) is 1.94. The van der Waals surface area contributed by atoms with Gasteiger partial charge in [-0.2, -0.15) is 0 Å². The van der Waals surface area contributed by atoms with Gasteiger partial charge >= 0.3 is 0 Å². The summed E-state index contributed by atoms with van der Waals surface area (Å²) in [5, 5.41) is 3.13. The first-order valence-corrected chi connectivity index (χ1v) is 6.77. The zero-order chi connectivity index (χ0) is 12.7. The number of allylic oxidation sites excluding steroid dienone is 2. The molecule has 1 aliphatic heterocycles. The van der Waals surface area contributed by atoms with E-state index in [0.29, 0.717) is 6.54 Å². The van der Waals surface area contributed by atoms with Crippen LogP contribution in [-0.4, -0.2) is 42.3 Å². The molecular weight excluding hydrogens is 254 g/mol. The quantitative estimate of drug-likeness (QED) is 0.341. The van der Waals surface area contributed by atoms with Crippen molar-refractivity contribution in [3.05, 3.63) is 23.3 Å². The Hall–Kier alpha value is -0.740. The van der Waals surface area contributed by atoms with Crippen LogP contribution in [0.5, 0.6) is 0 Å². The first-order chi connectivity index (χ1) is 8.08. The Balaban J connectivity index is 2.49. The molecule has 0 aromatic carbocycles. The van der Waals surface area contributed by atoms with Crippen LogP contribution in [0.15, 0.2) is 33.2 Å². The first-order valence-electron chi connectivity index (χ1n) is 5.46. The fraction of sp³-hybridized carbons (Fsp3) is 0.500. The van der Waals surface area contributed by atoms with Crippen molar-refractivity contribution in [1.29, 1.82) is 0 Å². The number of hydrogen-bond donors (Lipinski definition) is 0. The number of rotatable bonds is 3. The van der Waals surface area contributed by atoms with E-state index in [1.54, 1.807) is 18.1 Å². The molecule has 5 heteroatoms. The molecule has 1 atom stereocenters. The molecule has 0 aromatic heterocycles. The van der Waals surface area contributed by atoms with E-state index in [9.17, 15) is 0 Å². The Morgan fingerprint density at radius 3 is 3.12 bits per heavy atom. The maximum absolute atomic E-state index is 5.99. The molecule has 0 saturated heterocycles. The number of nitrogens with zero attached hydrogens (tertiary/aromatic N) is 3. The van der Waals surface area contributed by atoms with E-state index < -0.39 is 0 Å². The third-order valence-corrected chi connectivity index (χ3v) is 3.25. The third kappa shape index (κ3) is 6.54. The van der Waals surface area contributed by atoms with E-state index in [4.69, 9.17) is 11.6 Å². The minimum Gasteiger partial charge on any atom is -0.369 e. The number of halogens is 1. The van der Waals surface area contributed by atoms with Gasteiger partial charge in [0, 0.05) is 26.2 Å². The number of thioether (sulfide) groups is 1. The normalized spacial score (nSPS) is 21.5. The SMILES string of the molecule is CC(=C\SC1=NCC(Cl)C=CC1)/N=C\N(C)C. The van der Waals surface area contributed by atoms with Crippen molar-refractivity contribution in [2.45, 2.75) is 18.7 Å². The molecule has 1 rings (SSSR count). The summed E-state index contributed by atoms with van der Waals surface area (Å²) in [6.07, 6.45) is 6.72. The van der Waals surface area contributed by atoms with Gasteiger partial charge in [-0.25, -0.2) is 4.99 Å². The van der Waals surface area contributed by atoms with Crippen LogP contribution in [0.4, 0.5) is 0 Å². The van der Waals surface area contributed by atoms with Crippen LogP contribution < -0.4 is 0 Å². The Morgan fingerprint density at radius 1 is 1.65 bits per heavy atom. The Kier molecular flexibility index (Phi) is 6.37. The van der Waals surface area contributed by atoms with Crippen molar-refractivity contribution in [1.82, 2.24) is 4.90 Å². The minimum atomic E-state index is 0.0324. The molecule has 17 heavy (non-hydrogen) atoms. The second-order valence-electron chi connectivity index (χ2n) is 3.97. The fourth-order valence-electron chi connectivity index (χ4n) is 1.11. The molecule has 0 saturated carbocycles. The van der Waals surface area contributed by atoms with Gasteiger partial charge < -0.3 is 4.90 Å². The molecule has 3 nitrogen and oxygen atoms in total. The second kappa shape index (κ2) is 7.56. The lowest BCUT2D eigenvalue weighted by atomic mass is 10.3. The molecule has 1 aliphatic rings. The molecule has 0 spiro atoms. The summed E-state index contributed by atoms with van der Waals surface area (Å²) < 4.78 is 0. The summed E-state index contributed by atoms with van der Waals surface area (Å²) in [6, 6.07) is 0. The Labute approximate surface area is 112 Å². The highest BCUT2D eigenvalue weighted by molar-refractivity contribution is 8.16. The molecular formula is C12H18ClN3S. The molecule has 0 aromatic rings. The van der Waals surface area contributed by atoms with Crippen LogP contribution in [0.25, 0.3) is 0 Å². The van der Waals surface area contributed by atoms with Crippen molar-refractivity contribution in [3.8, 4) is 0 Å². The maximum Gasteiger partial charge on any atom is 0.0903 e. The minimum absolute atomic E-state index is 0.0324. The summed E-state index contributed by atoms with van der Waals surface area (Å²) in [7, 11) is 3.90. The highest BCUT2D eigenvalue weighted by Crippen LogP contribution is 2.17. The standard InChI is InChI=1S/C12H18ClN3S/c1-10(15-9-16(2)3)8-17-12-6-4-5-11(13)7-14-12/h4-5,8-9,11H,6-7H2,1-3H3/b10-8+,15-9-. The van der Waals surface area contributed by atoms with Gasteiger partial charge in [-0.3, -0.25) is 4.99 Å². The van der Waals surface area contributed by atoms with Gasteiger partial charge in [-0.05, 0) is 12.3 Å². The maximum atomic E-state index is 5.99. The van der Waals surface area contributed by atoms with E-state index in [2.05, 4.69) is 16.1 Å². The van der Waals surface area contributed by atoms with Crippen molar-refractivity contribution >= 4 is 34.7 Å². The van der Waals surface area contributed by atoms with Crippen LogP contribution in [0.2, 0.25) is 0 Å². The number of aliphatic imine (C=N–C) groups is 2. The van der Waals surface area contributed by atoms with E-state index >= 15 is 0 Å². The molecule has 0 N–H and O–H groups in total. The van der Waals surface area contributed by atoms with E-state index in [1.165, 1.54) is 0 Å². The van der Waals surface area contributed by atoms with Crippen molar-refractivity contribution in [2.24, 2.45) is 9.98 Å². The summed E-state index contributed by atoms with van der Waals surface area (Å²) >= 11 is 7.60. The molecule has 0 amide bonds. The molecule has 0 radical (unpaired) electrons. The average molecular weight is 272 g/mol. The molecule has 1 unspecified atom stereocenters. The smallest absolute Gasteiger partial charge is 0.0903 e. The van der Waals surface area contributed by atoms with Crippen LogP contribution in [0.1, 0.15) is 13.3 Å². The van der Waals surface area contributed by atoms with E-state index in [0.717, 1.165) is 17.2 Å². The van der Waals surface area contributed by atoms with Gasteiger partial charge in [0.25, 0.3) is 0 Å². The zero-order valence-corrected chi connectivity index (χ0v) is 12.0. The van der Waals surface area contributed by atoms with Gasteiger partial charge in [0.05, 0.1) is 23.3 Å². The average Bonchev–Trinajstić information content (AvgIpc) is 2.48. The molecule has 1 heterocycles. The topological polar surface area (TPSA) is 28.0 Å². The summed E-state index contributed by atoms with van der Waals surface area (Å²) in [4.78, 5) is 10.6. The predicted molar refractivity (Wildman–Crippen MR) is 79.2 cm³/mol. The second-order valence-corrected chi connectivity index (χ2v) is 5.47. The van der Waals surface area contributed by atoms with Crippen LogP contribution >= 0.6 is 23.4 Å². The summed E-state index contributed by atoms with van der Waals surface area (Å²) in [5.41, 5.74) is 0.974. The highest BCUT2D eigenvalue weighted by atomic mass is 35.5. The molecule has 0 aliphatic carbocycles. The van der Waals surface area contributed by atoms with Gasteiger partial charge in [-0.1, -0.05) is 23.9 Å². The monoisotopic (exact) mass is 271 g/mol. The number of alkyl halides is 1. The summed E-state index contributed by atoms with van der Waals surface area (Å²) in [6.45, 7) is 2.64. The largest absolute Gasteiger partial charge is 0.369 e. The lowest BCUT2D eigenvalue weighted by Crippen LogP contribution is -2.07. The number of hydrogen-bond acceptors (Lipinski definition) is 3. The predicted octanol–water partition coefficient (Wildman–Crippen LogP) is 3.14. The lowest BCUT2D eigenvalue weighted by Gasteiger charge is -2.02. The molecule has 0 fully saturated rings. The van der Waals surface area contributed by atoms with Crippen molar-refractivity contribution in [3.63, 3.8) is 0 Å². The Bertz CT molecular complexity index is 359. The van der Waals surface area contributed by atoms with E-state index in [1.807, 2.05) is 37.4 Å². The first kappa shape index (κ1) is 14.3. The van der Waals surface area contributed by atoms with Gasteiger partial charge in [-0.15, -0.1) is 11.6 Å². The molecule has 0 bridgehead atoms. The van der Waals surface area contributed by atoms with Crippen LogP contribution in [-0.2, 0) is 0 Å². The van der Waals surface area contributed by atoms with Crippen LogP contribution in [0, 0.1) is 0 Å². The highest BCUT2D eigenvalue weighted by Gasteiger charge is 2.05. The van der Waals surface area contributed by atoms with Gasteiger partial charge in [0.2, 0.25) is 0 Å². The lowest BCUT2D eigenvalue weighted by molar-refractivity contribution is 0.642. The van der Waals surface area contributed by atoms with Crippen molar-refractivity contribution in [2.75, 3.05) is 20.6 Å². The summed E-state index contributed by atoms with van der Waals surface area (Å²) in [5.74, 6) is 0. The zero-order valence-electron chi connectivity index (χ0n) is 10.4. The fourth-order valence-corrected chi connectivity index (χ4v) is 1.99. The van der Waals surface area contributed by atoms with Gasteiger partial charge in [0.15, 0.2) is 0 Å². The van der Waals surface area contributed by atoms with E-state index in [-0.39, 0.29) is 5.38 Å². The Morgan fingerprint density at radius 2 is 2.41 bits per heavy atom. The van der Waals surface area contributed by atoms with Crippen LogP contribution in [0.3, 0.4) is 0 Å². The van der Waals surface area contributed by atoms with Gasteiger partial charge in [0.1, 0.15) is 0 Å². The van der Waals surface area contributed by atoms with Crippen molar-refractivity contribution < 1.29 is 0 Å². The molecule has 94 valence electrons.